The number of carbonyl (C=O) groups is 4. The molecule has 0 aliphatic rings. The van der Waals surface area contributed by atoms with Gasteiger partial charge in [-0.15, -0.1) is 0 Å². The maximum absolute atomic E-state index is 13.1. The second kappa shape index (κ2) is 79.0. The Bertz CT molecular complexity index is 2810. The number of phosphoric acid groups is 2. The molecule has 0 aromatic rings. The van der Waals surface area contributed by atoms with E-state index in [2.05, 4.69) is 180 Å². The van der Waals surface area contributed by atoms with Gasteiger partial charge >= 0.3 is 39.5 Å². The summed E-state index contributed by atoms with van der Waals surface area (Å²) in [5.41, 5.74) is 0. The van der Waals surface area contributed by atoms with Crippen LogP contribution in [0, 0.1) is 0 Å². The lowest BCUT2D eigenvalue weighted by molar-refractivity contribution is -0.161. The second-order valence-electron chi connectivity index (χ2n) is 26.2. The van der Waals surface area contributed by atoms with Crippen molar-refractivity contribution in [1.82, 2.24) is 0 Å². The fourth-order valence-corrected chi connectivity index (χ4v) is 11.6. The first-order valence-corrected chi connectivity index (χ1v) is 43.7. The molecule has 5 unspecified atom stereocenters. The summed E-state index contributed by atoms with van der Waals surface area (Å²) in [6.07, 6.45) is 97.2. The Morgan fingerprint density at radius 3 is 0.796 bits per heavy atom. The third kappa shape index (κ3) is 78.0. The molecule has 0 fully saturated rings. The summed E-state index contributed by atoms with van der Waals surface area (Å²) in [5.74, 6) is -2.42. The zero-order chi connectivity index (χ0) is 78.9. The number of esters is 4. The molecule has 0 bridgehead atoms. The fraction of sp³-hybridized carbons (Fsp3) is 0.596. The molecule has 0 aliphatic carbocycles. The van der Waals surface area contributed by atoms with E-state index in [-0.39, 0.29) is 25.7 Å². The Morgan fingerprint density at radius 1 is 0.269 bits per heavy atom. The summed E-state index contributed by atoms with van der Waals surface area (Å²) in [7, 11) is -10.0. The third-order valence-electron chi connectivity index (χ3n) is 16.1. The van der Waals surface area contributed by atoms with Crippen molar-refractivity contribution in [3.63, 3.8) is 0 Å². The quantitative estimate of drug-likeness (QED) is 0.0169. The monoisotopic (exact) mass is 1540 g/mol. The average Bonchev–Trinajstić information content (AvgIpc) is 0.901. The van der Waals surface area contributed by atoms with Crippen LogP contribution in [0.25, 0.3) is 0 Å². The Labute approximate surface area is 653 Å². The maximum Gasteiger partial charge on any atom is 0.472 e. The zero-order valence-electron chi connectivity index (χ0n) is 66.7. The molecule has 0 rings (SSSR count). The molecule has 0 aromatic carbocycles. The van der Waals surface area contributed by atoms with E-state index in [1.807, 2.05) is 42.5 Å². The topological polar surface area (TPSA) is 237 Å². The second-order valence-corrected chi connectivity index (χ2v) is 29.1. The minimum absolute atomic E-state index is 0.00489. The van der Waals surface area contributed by atoms with Crippen molar-refractivity contribution in [3.8, 4) is 0 Å². The van der Waals surface area contributed by atoms with Crippen molar-refractivity contribution in [2.45, 2.75) is 303 Å². The molecule has 0 spiro atoms. The number of phosphoric ester groups is 2. The molecule has 0 radical (unpaired) electrons. The lowest BCUT2D eigenvalue weighted by atomic mass is 10.0. The number of rotatable bonds is 74. The number of ether oxygens (including phenoxy) is 4. The van der Waals surface area contributed by atoms with Crippen molar-refractivity contribution in [2.24, 2.45) is 0 Å². The molecule has 0 amide bonds. The minimum atomic E-state index is -5.02. The highest BCUT2D eigenvalue weighted by atomic mass is 31.2. The van der Waals surface area contributed by atoms with Crippen LogP contribution < -0.4 is 0 Å². The normalized spacial score (nSPS) is 14.8. The Hall–Kier alpha value is -6.10. The molecule has 0 heterocycles. The summed E-state index contributed by atoms with van der Waals surface area (Å²) >= 11 is 0. The van der Waals surface area contributed by atoms with Crippen LogP contribution in [-0.2, 0) is 65.4 Å². The van der Waals surface area contributed by atoms with E-state index in [1.54, 1.807) is 0 Å². The Kier molecular flexibility index (Phi) is 74.5. The van der Waals surface area contributed by atoms with Crippen LogP contribution >= 0.6 is 15.6 Å². The van der Waals surface area contributed by atoms with Gasteiger partial charge in [0, 0.05) is 25.7 Å². The molecule has 0 aliphatic heterocycles. The van der Waals surface area contributed by atoms with Crippen LogP contribution in [-0.4, -0.2) is 96.7 Å². The molecule has 0 saturated heterocycles. The molecule has 5 atom stereocenters. The number of aliphatic hydroxyl groups excluding tert-OH is 1. The van der Waals surface area contributed by atoms with Crippen LogP contribution in [0.3, 0.4) is 0 Å². The van der Waals surface area contributed by atoms with Crippen molar-refractivity contribution in [1.29, 1.82) is 0 Å². The van der Waals surface area contributed by atoms with E-state index in [0.717, 1.165) is 122 Å². The van der Waals surface area contributed by atoms with Crippen molar-refractivity contribution in [2.75, 3.05) is 39.6 Å². The SMILES string of the molecule is CC/C=C\C/C=C\C/C=C\C/C=C\C/C=C\C/C=C\CCC(=O)OCC(COP(=O)(O)OCC(O)COP(=O)(O)OCC(COC(=O)CCC/C=C\C/C=C\C/C=C\C/C=C\C/C=C\CC)OC(=O)CCC/C=C\C/C=C\C/C=C\C/C=C\C/C=C\CC)OC(=O)CCCCCCCCCCCCCCCCC. The first-order valence-electron chi connectivity index (χ1n) is 40.7. The van der Waals surface area contributed by atoms with Crippen LogP contribution in [0.15, 0.2) is 194 Å². The average molecular weight is 1550 g/mol. The number of hydrogen-bond acceptors (Lipinski definition) is 15. The standard InChI is InChI=1S/C89H142O17P2/c1-5-9-13-17-21-25-29-33-37-40-41-44-47-50-54-58-62-66-70-74-87(92)100-79-84(105-88(93)75-71-67-63-59-55-51-45-36-32-28-24-20-16-12-8-4)81-103-107(95,96)101-77-83(90)78-102-108(97,98)104-82-85(106-89(94)76-72-68-64-60-56-52-48-43-39-35-31-27-23-19-15-11-7-3)80-99-86(91)73-69-65-61-57-53-49-46-42-38-34-30-26-22-18-14-10-6-2/h9-11,13-15,21-23,25-27,33-35,37-39,41,44,46,48-50,52,54,57,60-62,64,66,83-85,90H,5-8,12,16-20,24,28-32,36,40,42-43,45,47,51,53,55-56,58-59,63,65,67-82H2,1-4H3,(H,95,96)(H,97,98)/b13-9-,14-10-,15-11-,25-21-,26-22-,27-23-,37-33-,38-34-,39-35-,44-41-,49-46-,52-48-,54-50-,61-57-,64-60-,66-62-. The smallest absolute Gasteiger partial charge is 0.462 e. The number of unbranched alkanes of at least 4 members (excludes halogenated alkanes) is 16. The molecule has 3 N–H and O–H groups in total. The first kappa shape index (κ1) is 102. The van der Waals surface area contributed by atoms with Gasteiger partial charge in [0.2, 0.25) is 0 Å². The third-order valence-corrected chi connectivity index (χ3v) is 18.0. The van der Waals surface area contributed by atoms with Gasteiger partial charge in [-0.1, -0.05) is 312 Å². The summed E-state index contributed by atoms with van der Waals surface area (Å²) < 4.78 is 68.5. The van der Waals surface area contributed by atoms with Gasteiger partial charge in [0.15, 0.2) is 12.2 Å². The van der Waals surface area contributed by atoms with Gasteiger partial charge in [-0.3, -0.25) is 37.3 Å². The van der Waals surface area contributed by atoms with E-state index >= 15 is 0 Å². The first-order chi connectivity index (χ1) is 52.7. The van der Waals surface area contributed by atoms with Gasteiger partial charge in [0.1, 0.15) is 19.3 Å². The summed E-state index contributed by atoms with van der Waals surface area (Å²) in [5, 5.41) is 10.7. The number of allylic oxidation sites excluding steroid dienone is 32. The molecule has 0 saturated carbocycles. The van der Waals surface area contributed by atoms with Gasteiger partial charge in [-0.25, -0.2) is 9.13 Å². The van der Waals surface area contributed by atoms with Gasteiger partial charge in [-0.05, 0) is 141 Å². The van der Waals surface area contributed by atoms with Crippen LogP contribution in [0.5, 0.6) is 0 Å². The van der Waals surface area contributed by atoms with Gasteiger partial charge in [-0.2, -0.15) is 0 Å². The Morgan fingerprint density at radius 2 is 0.500 bits per heavy atom. The highest BCUT2D eigenvalue weighted by molar-refractivity contribution is 7.47. The Balaban J connectivity index is 5.55. The molecular formula is C89H142O17P2. The number of hydrogen-bond donors (Lipinski definition) is 3. The van der Waals surface area contributed by atoms with Gasteiger partial charge in [0.05, 0.1) is 26.4 Å². The van der Waals surface area contributed by atoms with E-state index in [4.69, 9.17) is 37.0 Å². The van der Waals surface area contributed by atoms with Crippen molar-refractivity contribution >= 4 is 39.5 Å². The molecule has 19 heteroatoms. The fourth-order valence-electron chi connectivity index (χ4n) is 10.0. The van der Waals surface area contributed by atoms with Crippen molar-refractivity contribution < 1.29 is 80.2 Å². The van der Waals surface area contributed by atoms with Crippen LogP contribution in [0.4, 0.5) is 0 Å². The van der Waals surface area contributed by atoms with E-state index < -0.39 is 97.5 Å². The van der Waals surface area contributed by atoms with E-state index in [0.29, 0.717) is 44.9 Å². The maximum atomic E-state index is 13.1. The van der Waals surface area contributed by atoms with Crippen LogP contribution in [0.2, 0.25) is 0 Å². The molecule has 0 aromatic heterocycles. The van der Waals surface area contributed by atoms with Gasteiger partial charge < -0.3 is 33.8 Å². The highest BCUT2D eigenvalue weighted by Gasteiger charge is 2.30. The predicted octanol–water partition coefficient (Wildman–Crippen LogP) is 24.1. The molecule has 108 heavy (non-hydrogen) atoms. The lowest BCUT2D eigenvalue weighted by Crippen LogP contribution is -2.30. The molecule has 610 valence electrons. The number of carbonyl (C=O) groups excluding carboxylic acids is 4. The predicted molar refractivity (Wildman–Crippen MR) is 445 cm³/mol. The zero-order valence-corrected chi connectivity index (χ0v) is 68.5. The summed E-state index contributed by atoms with van der Waals surface area (Å²) in [4.78, 5) is 73.1. The highest BCUT2D eigenvalue weighted by Crippen LogP contribution is 2.45. The number of aliphatic hydroxyl groups is 1. The molecular weight excluding hydrogens is 1400 g/mol. The lowest BCUT2D eigenvalue weighted by Gasteiger charge is -2.21. The minimum Gasteiger partial charge on any atom is -0.462 e. The van der Waals surface area contributed by atoms with Crippen molar-refractivity contribution in [3.05, 3.63) is 194 Å². The summed E-state index contributed by atoms with van der Waals surface area (Å²) in [6.45, 7) is 4.31. The van der Waals surface area contributed by atoms with Crippen LogP contribution in [0.1, 0.15) is 285 Å². The van der Waals surface area contributed by atoms with E-state index in [9.17, 15) is 43.2 Å². The summed E-state index contributed by atoms with van der Waals surface area (Å²) in [6, 6.07) is 0. The largest absolute Gasteiger partial charge is 0.472 e. The molecule has 17 nitrogen and oxygen atoms in total. The van der Waals surface area contributed by atoms with E-state index in [1.165, 1.54) is 64.2 Å². The van der Waals surface area contributed by atoms with Gasteiger partial charge in [0.25, 0.3) is 0 Å².